The summed E-state index contributed by atoms with van der Waals surface area (Å²) in [6.45, 7) is 0.138. The predicted molar refractivity (Wildman–Crippen MR) is 131 cm³/mol. The van der Waals surface area contributed by atoms with Gasteiger partial charge in [-0.3, -0.25) is 9.59 Å². The third-order valence-corrected chi connectivity index (χ3v) is 7.77. The van der Waals surface area contributed by atoms with E-state index in [0.29, 0.717) is 11.8 Å². The predicted octanol–water partition coefficient (Wildman–Crippen LogP) is 4.45. The number of nitrogens with one attached hydrogen (secondary N) is 2. The largest absolute Gasteiger partial charge is 0.481 e. The Bertz CT molecular complexity index is 1060. The molecule has 2 aromatic carbocycles. The third-order valence-electron chi connectivity index (χ3n) is 7.77. The number of carbonyl (C=O) groups excluding carboxylic acids is 2. The van der Waals surface area contributed by atoms with Crippen molar-refractivity contribution >= 4 is 18.0 Å². The number of hydrogen-bond acceptors (Lipinski definition) is 4. The minimum atomic E-state index is -1.01. The minimum Gasteiger partial charge on any atom is -0.481 e. The lowest BCUT2D eigenvalue weighted by Gasteiger charge is -2.20. The summed E-state index contributed by atoms with van der Waals surface area (Å²) in [6, 6.07) is 15.3. The zero-order valence-electron chi connectivity index (χ0n) is 19.7. The number of rotatable bonds is 9. The van der Waals surface area contributed by atoms with E-state index in [1.54, 1.807) is 0 Å². The first-order valence-electron chi connectivity index (χ1n) is 12.6. The van der Waals surface area contributed by atoms with Gasteiger partial charge in [-0.25, -0.2) is 4.79 Å². The van der Waals surface area contributed by atoms with Gasteiger partial charge in [-0.2, -0.15) is 0 Å². The first kappa shape index (κ1) is 23.4. The van der Waals surface area contributed by atoms with Gasteiger partial charge >= 0.3 is 12.1 Å². The van der Waals surface area contributed by atoms with Crippen LogP contribution in [0.1, 0.15) is 62.0 Å². The molecular formula is C28H32N2O5. The maximum absolute atomic E-state index is 12.9. The highest BCUT2D eigenvalue weighted by atomic mass is 16.5. The van der Waals surface area contributed by atoms with E-state index in [-0.39, 0.29) is 37.3 Å². The van der Waals surface area contributed by atoms with Crippen LogP contribution in [0.15, 0.2) is 48.5 Å². The molecule has 0 spiro atoms. The van der Waals surface area contributed by atoms with Crippen molar-refractivity contribution in [3.63, 3.8) is 0 Å². The summed E-state index contributed by atoms with van der Waals surface area (Å²) in [5.41, 5.74) is 4.48. The second kappa shape index (κ2) is 10.1. The summed E-state index contributed by atoms with van der Waals surface area (Å²) in [5, 5.41) is 14.8. The molecule has 0 radical (unpaired) electrons. The average molecular weight is 477 g/mol. The van der Waals surface area contributed by atoms with Crippen LogP contribution in [0.25, 0.3) is 11.1 Å². The lowest BCUT2D eigenvalue weighted by atomic mass is 9.98. The number of alkyl carbamates (subject to hydrolysis) is 1. The summed E-state index contributed by atoms with van der Waals surface area (Å²) in [6.07, 6.45) is 5.02. The van der Waals surface area contributed by atoms with Crippen LogP contribution in [0.5, 0.6) is 0 Å². The first-order chi connectivity index (χ1) is 17.0. The highest BCUT2D eigenvalue weighted by Crippen LogP contribution is 2.46. The molecule has 7 nitrogen and oxygen atoms in total. The summed E-state index contributed by atoms with van der Waals surface area (Å²) >= 11 is 0. The fourth-order valence-electron chi connectivity index (χ4n) is 5.89. The van der Waals surface area contributed by atoms with Crippen molar-refractivity contribution in [3.05, 3.63) is 59.7 Å². The Morgan fingerprint density at radius 1 is 0.971 bits per heavy atom. The highest BCUT2D eigenvalue weighted by molar-refractivity contribution is 5.86. The maximum Gasteiger partial charge on any atom is 0.407 e. The molecule has 0 saturated heterocycles. The molecule has 3 aliphatic rings. The molecule has 3 N–H and O–H groups in total. The molecule has 3 atom stereocenters. The topological polar surface area (TPSA) is 105 Å². The van der Waals surface area contributed by atoms with Crippen molar-refractivity contribution in [2.75, 3.05) is 6.61 Å². The monoisotopic (exact) mass is 476 g/mol. The van der Waals surface area contributed by atoms with Crippen molar-refractivity contribution in [2.24, 2.45) is 11.8 Å². The Hall–Kier alpha value is -3.35. The van der Waals surface area contributed by atoms with Gasteiger partial charge in [0.2, 0.25) is 5.91 Å². The fourth-order valence-corrected chi connectivity index (χ4v) is 5.89. The second-order valence-corrected chi connectivity index (χ2v) is 10.0. The van der Waals surface area contributed by atoms with Crippen molar-refractivity contribution in [3.8, 4) is 11.1 Å². The Kier molecular flexibility index (Phi) is 6.75. The van der Waals surface area contributed by atoms with Crippen LogP contribution in [0.2, 0.25) is 0 Å². The van der Waals surface area contributed by atoms with Crippen LogP contribution >= 0.6 is 0 Å². The lowest BCUT2D eigenvalue weighted by molar-refractivity contribution is -0.137. The van der Waals surface area contributed by atoms with Gasteiger partial charge in [0.15, 0.2) is 0 Å². The lowest BCUT2D eigenvalue weighted by Crippen LogP contribution is -2.48. The second-order valence-electron chi connectivity index (χ2n) is 10.0. The minimum absolute atomic E-state index is 0.0200. The van der Waals surface area contributed by atoms with Gasteiger partial charge in [0, 0.05) is 18.4 Å². The van der Waals surface area contributed by atoms with Crippen LogP contribution in [0, 0.1) is 11.8 Å². The molecule has 3 aliphatic carbocycles. The van der Waals surface area contributed by atoms with Crippen LogP contribution in [-0.4, -0.2) is 41.8 Å². The smallest absolute Gasteiger partial charge is 0.407 e. The van der Waals surface area contributed by atoms with E-state index in [1.165, 1.54) is 25.7 Å². The summed E-state index contributed by atoms with van der Waals surface area (Å²) in [4.78, 5) is 36.7. The van der Waals surface area contributed by atoms with E-state index in [1.807, 2.05) is 36.4 Å². The van der Waals surface area contributed by atoms with Gasteiger partial charge in [0.05, 0.1) is 0 Å². The third kappa shape index (κ3) is 5.19. The molecule has 3 unspecified atom stereocenters. The van der Waals surface area contributed by atoms with E-state index in [9.17, 15) is 14.4 Å². The molecule has 2 fully saturated rings. The van der Waals surface area contributed by atoms with Crippen LogP contribution < -0.4 is 10.6 Å². The molecule has 5 rings (SSSR count). The van der Waals surface area contributed by atoms with E-state index >= 15 is 0 Å². The molecule has 2 aromatic rings. The van der Waals surface area contributed by atoms with Gasteiger partial charge in [-0.1, -0.05) is 74.2 Å². The molecule has 0 bridgehead atoms. The number of fused-ring (bicyclic) bond motifs is 3. The Morgan fingerprint density at radius 3 is 2.23 bits per heavy atom. The Labute approximate surface area is 205 Å². The zero-order chi connectivity index (χ0) is 24.4. The van der Waals surface area contributed by atoms with E-state index in [4.69, 9.17) is 9.84 Å². The van der Waals surface area contributed by atoms with Gasteiger partial charge in [0.1, 0.15) is 12.6 Å². The maximum atomic E-state index is 12.9. The number of carboxylic acids is 1. The molecule has 184 valence electrons. The van der Waals surface area contributed by atoms with Crippen molar-refractivity contribution in [1.82, 2.24) is 10.6 Å². The fraction of sp³-hybridized carbons (Fsp3) is 0.464. The molecule has 2 saturated carbocycles. The molecular weight excluding hydrogens is 444 g/mol. The van der Waals surface area contributed by atoms with Gasteiger partial charge < -0.3 is 20.5 Å². The highest BCUT2D eigenvalue weighted by Gasteiger charge is 2.45. The quantitative estimate of drug-likeness (QED) is 0.496. The molecule has 35 heavy (non-hydrogen) atoms. The van der Waals surface area contributed by atoms with E-state index in [2.05, 4.69) is 22.8 Å². The van der Waals surface area contributed by atoms with Crippen LogP contribution in [0.4, 0.5) is 4.79 Å². The molecule has 2 amide bonds. The molecule has 7 heteroatoms. The van der Waals surface area contributed by atoms with Crippen molar-refractivity contribution in [2.45, 2.75) is 62.9 Å². The van der Waals surface area contributed by atoms with Crippen molar-refractivity contribution in [1.29, 1.82) is 0 Å². The van der Waals surface area contributed by atoms with Gasteiger partial charge in [0.25, 0.3) is 0 Å². The number of carboxylic acid groups (broad SMARTS) is 1. The van der Waals surface area contributed by atoms with Crippen LogP contribution in [-0.2, 0) is 14.3 Å². The normalized spacial score (nSPS) is 21.6. The number of ether oxygens (including phenoxy) is 1. The number of carbonyl (C=O) groups is 3. The van der Waals surface area contributed by atoms with E-state index < -0.39 is 18.1 Å². The number of aliphatic carboxylic acids is 1. The van der Waals surface area contributed by atoms with E-state index in [0.717, 1.165) is 28.7 Å². The number of hydrogen-bond donors (Lipinski definition) is 3. The standard InChI is InChI=1S/C28H32N2O5/c31-26(32)14-13-24(27(33)29-25-15-22(25)17-7-1-2-8-17)30-28(34)35-16-23-20-11-5-3-9-18(20)19-10-4-6-12-21(19)23/h3-6,9-12,17,22-25H,1-2,7-8,13-16H2,(H,29,33)(H,30,34)(H,31,32). The Balaban J connectivity index is 1.19. The number of amides is 2. The van der Waals surface area contributed by atoms with Crippen LogP contribution in [0.3, 0.4) is 0 Å². The SMILES string of the molecule is O=C(O)CCC(NC(=O)OCC1c2ccccc2-c2ccccc21)C(=O)NC1CC1C1CCCC1. The summed E-state index contributed by atoms with van der Waals surface area (Å²) < 4.78 is 5.57. The molecule has 0 aliphatic heterocycles. The Morgan fingerprint density at radius 2 is 1.60 bits per heavy atom. The van der Waals surface area contributed by atoms with Gasteiger partial charge in [-0.15, -0.1) is 0 Å². The summed E-state index contributed by atoms with van der Waals surface area (Å²) in [5.74, 6) is -0.236. The van der Waals surface area contributed by atoms with Crippen molar-refractivity contribution < 1.29 is 24.2 Å². The first-order valence-corrected chi connectivity index (χ1v) is 12.6. The summed E-state index contributed by atoms with van der Waals surface area (Å²) in [7, 11) is 0. The van der Waals surface area contributed by atoms with Gasteiger partial charge in [-0.05, 0) is 46.9 Å². The molecule has 0 heterocycles. The zero-order valence-corrected chi connectivity index (χ0v) is 19.7. The average Bonchev–Trinajstić information content (AvgIpc) is 3.27. The number of benzene rings is 2. The molecule has 0 aromatic heterocycles.